The predicted octanol–water partition coefficient (Wildman–Crippen LogP) is 2.46. The quantitative estimate of drug-likeness (QED) is 0.808. The first kappa shape index (κ1) is 10.9. The first-order chi connectivity index (χ1) is 7.63. The number of rotatable bonds is 2. The molecular formula is C13H17N3. The van der Waals surface area contributed by atoms with Crippen molar-refractivity contribution in [2.45, 2.75) is 27.3 Å². The molecule has 2 aromatic rings. The van der Waals surface area contributed by atoms with E-state index in [-0.39, 0.29) is 0 Å². The molecule has 0 amide bonds. The second kappa shape index (κ2) is 4.10. The number of aromatic nitrogens is 2. The summed E-state index contributed by atoms with van der Waals surface area (Å²) in [5.74, 6) is 0. The Kier molecular flexibility index (Phi) is 2.79. The number of benzene rings is 1. The molecule has 1 aromatic carbocycles. The zero-order valence-electron chi connectivity index (χ0n) is 9.96. The normalized spacial score (nSPS) is 10.8. The third-order valence-corrected chi connectivity index (χ3v) is 2.86. The van der Waals surface area contributed by atoms with Gasteiger partial charge in [0.25, 0.3) is 0 Å². The van der Waals surface area contributed by atoms with E-state index in [1.165, 1.54) is 22.3 Å². The Morgan fingerprint density at radius 1 is 1.19 bits per heavy atom. The monoisotopic (exact) mass is 215 g/mol. The molecule has 1 heterocycles. The highest BCUT2D eigenvalue weighted by Crippen LogP contribution is 2.28. The van der Waals surface area contributed by atoms with Gasteiger partial charge in [-0.05, 0) is 31.9 Å². The molecule has 16 heavy (non-hydrogen) atoms. The van der Waals surface area contributed by atoms with E-state index in [4.69, 9.17) is 5.73 Å². The Morgan fingerprint density at radius 3 is 2.38 bits per heavy atom. The van der Waals surface area contributed by atoms with Gasteiger partial charge in [0.15, 0.2) is 0 Å². The molecule has 0 aliphatic rings. The standard InChI is InChI=1S/C13H17N3/c1-8-4-9(2)12(10(3)5-8)13-11(6-14)7-15-16-13/h4-5,7H,6,14H2,1-3H3,(H,15,16). The maximum absolute atomic E-state index is 5.70. The lowest BCUT2D eigenvalue weighted by molar-refractivity contribution is 1.07. The number of hydrogen-bond donors (Lipinski definition) is 2. The number of aryl methyl sites for hydroxylation is 3. The third-order valence-electron chi connectivity index (χ3n) is 2.86. The molecule has 3 heteroatoms. The Balaban J connectivity index is 2.64. The number of hydrogen-bond acceptors (Lipinski definition) is 2. The molecule has 0 aliphatic heterocycles. The molecule has 0 fully saturated rings. The molecule has 84 valence electrons. The van der Waals surface area contributed by atoms with Crippen molar-refractivity contribution in [1.29, 1.82) is 0 Å². The van der Waals surface area contributed by atoms with Crippen molar-refractivity contribution in [1.82, 2.24) is 10.2 Å². The van der Waals surface area contributed by atoms with Gasteiger partial charge in [-0.25, -0.2) is 0 Å². The molecule has 0 saturated carbocycles. The van der Waals surface area contributed by atoms with Gasteiger partial charge in [-0.15, -0.1) is 0 Å². The first-order valence-electron chi connectivity index (χ1n) is 5.44. The van der Waals surface area contributed by atoms with Crippen molar-refractivity contribution in [3.05, 3.63) is 40.6 Å². The summed E-state index contributed by atoms with van der Waals surface area (Å²) in [4.78, 5) is 0. The van der Waals surface area contributed by atoms with Crippen LogP contribution in [0.2, 0.25) is 0 Å². The fraction of sp³-hybridized carbons (Fsp3) is 0.308. The topological polar surface area (TPSA) is 54.7 Å². The zero-order valence-corrected chi connectivity index (χ0v) is 9.96. The molecule has 3 N–H and O–H groups in total. The maximum atomic E-state index is 5.70. The molecule has 0 spiro atoms. The van der Waals surface area contributed by atoms with Crippen LogP contribution in [0, 0.1) is 20.8 Å². The summed E-state index contributed by atoms with van der Waals surface area (Å²) in [6.45, 7) is 6.87. The van der Waals surface area contributed by atoms with Crippen LogP contribution in [0.3, 0.4) is 0 Å². The molecule has 0 bridgehead atoms. The Hall–Kier alpha value is -1.61. The average molecular weight is 215 g/mol. The average Bonchev–Trinajstić information content (AvgIpc) is 2.64. The van der Waals surface area contributed by atoms with Gasteiger partial charge in [0.2, 0.25) is 0 Å². The number of nitrogens with two attached hydrogens (primary N) is 1. The van der Waals surface area contributed by atoms with Crippen LogP contribution in [-0.2, 0) is 6.54 Å². The van der Waals surface area contributed by atoms with Crippen molar-refractivity contribution < 1.29 is 0 Å². The fourth-order valence-electron chi connectivity index (χ4n) is 2.26. The highest BCUT2D eigenvalue weighted by atomic mass is 15.1. The predicted molar refractivity (Wildman–Crippen MR) is 66.1 cm³/mol. The summed E-state index contributed by atoms with van der Waals surface area (Å²) in [5.41, 5.74) is 12.9. The summed E-state index contributed by atoms with van der Waals surface area (Å²) < 4.78 is 0. The van der Waals surface area contributed by atoms with Crippen LogP contribution in [0.1, 0.15) is 22.3 Å². The molecule has 0 unspecified atom stereocenters. The lowest BCUT2D eigenvalue weighted by Gasteiger charge is -2.11. The van der Waals surface area contributed by atoms with E-state index >= 15 is 0 Å². The van der Waals surface area contributed by atoms with E-state index in [0.717, 1.165) is 11.3 Å². The van der Waals surface area contributed by atoms with Gasteiger partial charge in [-0.1, -0.05) is 17.7 Å². The second-order valence-corrected chi connectivity index (χ2v) is 4.25. The highest BCUT2D eigenvalue weighted by Gasteiger charge is 2.11. The van der Waals surface area contributed by atoms with Gasteiger partial charge >= 0.3 is 0 Å². The Bertz CT molecular complexity index is 489. The van der Waals surface area contributed by atoms with Crippen molar-refractivity contribution >= 4 is 0 Å². The number of nitrogens with one attached hydrogen (secondary N) is 1. The SMILES string of the molecule is Cc1cc(C)c(-c2[nH]ncc2CN)c(C)c1. The summed E-state index contributed by atoms with van der Waals surface area (Å²) in [7, 11) is 0. The van der Waals surface area contributed by atoms with E-state index < -0.39 is 0 Å². The lowest BCUT2D eigenvalue weighted by Crippen LogP contribution is -1.99. The van der Waals surface area contributed by atoms with Gasteiger partial charge in [0.05, 0.1) is 11.9 Å². The smallest absolute Gasteiger partial charge is 0.0700 e. The van der Waals surface area contributed by atoms with E-state index in [1.54, 1.807) is 6.20 Å². The van der Waals surface area contributed by atoms with E-state index in [2.05, 4.69) is 43.1 Å². The van der Waals surface area contributed by atoms with Crippen LogP contribution < -0.4 is 5.73 Å². The lowest BCUT2D eigenvalue weighted by atomic mass is 9.95. The van der Waals surface area contributed by atoms with Crippen molar-refractivity contribution in [2.24, 2.45) is 5.73 Å². The van der Waals surface area contributed by atoms with Crippen molar-refractivity contribution in [3.8, 4) is 11.3 Å². The van der Waals surface area contributed by atoms with Crippen LogP contribution in [0.5, 0.6) is 0 Å². The Labute approximate surface area is 95.7 Å². The molecule has 2 rings (SSSR count). The minimum atomic E-state index is 0.512. The molecule has 0 radical (unpaired) electrons. The van der Waals surface area contributed by atoms with Gasteiger partial charge in [0.1, 0.15) is 0 Å². The van der Waals surface area contributed by atoms with Crippen LogP contribution in [-0.4, -0.2) is 10.2 Å². The van der Waals surface area contributed by atoms with Gasteiger partial charge in [-0.3, -0.25) is 5.10 Å². The molecular weight excluding hydrogens is 198 g/mol. The molecule has 3 nitrogen and oxygen atoms in total. The maximum Gasteiger partial charge on any atom is 0.0700 e. The van der Waals surface area contributed by atoms with Gasteiger partial charge in [-0.2, -0.15) is 5.10 Å². The summed E-state index contributed by atoms with van der Waals surface area (Å²) in [5, 5.41) is 7.11. The van der Waals surface area contributed by atoms with Crippen molar-refractivity contribution in [3.63, 3.8) is 0 Å². The van der Waals surface area contributed by atoms with E-state index in [1.807, 2.05) is 0 Å². The second-order valence-electron chi connectivity index (χ2n) is 4.25. The summed E-state index contributed by atoms with van der Waals surface area (Å²) in [6, 6.07) is 4.37. The van der Waals surface area contributed by atoms with E-state index in [0.29, 0.717) is 6.54 Å². The molecule has 0 atom stereocenters. The van der Waals surface area contributed by atoms with Crippen LogP contribution in [0.4, 0.5) is 0 Å². The number of nitrogens with zero attached hydrogens (tertiary/aromatic N) is 1. The molecule has 1 aromatic heterocycles. The number of aromatic amines is 1. The third kappa shape index (κ3) is 1.74. The molecule has 0 saturated heterocycles. The Morgan fingerprint density at radius 2 is 1.81 bits per heavy atom. The van der Waals surface area contributed by atoms with Gasteiger partial charge in [0, 0.05) is 17.7 Å². The minimum absolute atomic E-state index is 0.512. The largest absolute Gasteiger partial charge is 0.326 e. The fourth-order valence-corrected chi connectivity index (χ4v) is 2.26. The minimum Gasteiger partial charge on any atom is -0.326 e. The van der Waals surface area contributed by atoms with Crippen molar-refractivity contribution in [2.75, 3.05) is 0 Å². The first-order valence-corrected chi connectivity index (χ1v) is 5.44. The molecule has 0 aliphatic carbocycles. The zero-order chi connectivity index (χ0) is 11.7. The highest BCUT2D eigenvalue weighted by molar-refractivity contribution is 5.70. The summed E-state index contributed by atoms with van der Waals surface area (Å²) in [6.07, 6.45) is 1.80. The van der Waals surface area contributed by atoms with E-state index in [9.17, 15) is 0 Å². The van der Waals surface area contributed by atoms with Gasteiger partial charge < -0.3 is 5.73 Å². The summed E-state index contributed by atoms with van der Waals surface area (Å²) >= 11 is 0. The number of H-pyrrole nitrogens is 1. The van der Waals surface area contributed by atoms with Crippen LogP contribution in [0.15, 0.2) is 18.3 Å². The van der Waals surface area contributed by atoms with Crippen LogP contribution in [0.25, 0.3) is 11.3 Å². The van der Waals surface area contributed by atoms with Crippen LogP contribution >= 0.6 is 0 Å².